The molecule has 0 bridgehead atoms. The van der Waals surface area contributed by atoms with E-state index in [0.717, 1.165) is 0 Å². The number of halogens is 1. The summed E-state index contributed by atoms with van der Waals surface area (Å²) in [6.45, 7) is 0. The molecule has 0 saturated carbocycles. The van der Waals surface area contributed by atoms with Gasteiger partial charge in [0.2, 0.25) is 5.88 Å². The van der Waals surface area contributed by atoms with Gasteiger partial charge in [-0.25, -0.2) is 9.59 Å². The van der Waals surface area contributed by atoms with Crippen LogP contribution in [0.15, 0.2) is 78.9 Å². The van der Waals surface area contributed by atoms with Crippen LogP contribution >= 0.6 is 11.6 Å². The molecule has 0 spiro atoms. The molecule has 1 heterocycles. The molecule has 0 aliphatic heterocycles. The Labute approximate surface area is 170 Å². The number of hydrogen-bond acceptors (Lipinski definition) is 5. The van der Waals surface area contributed by atoms with Gasteiger partial charge in [0.15, 0.2) is 0 Å². The summed E-state index contributed by atoms with van der Waals surface area (Å²) >= 11 is 6.08. The first kappa shape index (κ1) is 18.6. The van der Waals surface area contributed by atoms with Gasteiger partial charge in [-0.2, -0.15) is 0 Å². The van der Waals surface area contributed by atoms with Crippen LogP contribution in [0.4, 0.5) is 4.79 Å². The maximum Gasteiger partial charge on any atom is 0.520 e. The van der Waals surface area contributed by atoms with Crippen LogP contribution in [0, 0.1) is 0 Å². The van der Waals surface area contributed by atoms with Gasteiger partial charge in [0.25, 0.3) is 0 Å². The third-order valence-corrected chi connectivity index (χ3v) is 4.25. The van der Waals surface area contributed by atoms with Crippen molar-refractivity contribution in [2.45, 2.75) is 0 Å². The van der Waals surface area contributed by atoms with E-state index in [4.69, 9.17) is 25.8 Å². The van der Waals surface area contributed by atoms with E-state index in [2.05, 4.69) is 4.98 Å². The summed E-state index contributed by atoms with van der Waals surface area (Å²) in [6.07, 6.45) is -0.998. The van der Waals surface area contributed by atoms with Crippen LogP contribution in [-0.4, -0.2) is 17.1 Å². The zero-order chi connectivity index (χ0) is 20.2. The number of carbonyl (C=O) groups is 2. The smallest absolute Gasteiger partial charge is 0.423 e. The Balaban J connectivity index is 1.66. The van der Waals surface area contributed by atoms with Crippen molar-refractivity contribution in [2.24, 2.45) is 0 Å². The Morgan fingerprint density at radius 3 is 2.03 bits per heavy atom. The van der Waals surface area contributed by atoms with Gasteiger partial charge < -0.3 is 19.2 Å². The van der Waals surface area contributed by atoms with Crippen molar-refractivity contribution < 1.29 is 23.8 Å². The number of hydrogen-bond donors (Lipinski definition) is 1. The maximum atomic E-state index is 12.8. The molecule has 0 radical (unpaired) electrons. The number of aromatic nitrogens is 1. The fourth-order valence-electron chi connectivity index (χ4n) is 2.75. The fraction of sp³-hybridized carbons (Fsp3) is 0. The zero-order valence-corrected chi connectivity index (χ0v) is 15.7. The quantitative estimate of drug-likeness (QED) is 0.270. The van der Waals surface area contributed by atoms with E-state index >= 15 is 0 Å². The molecular weight excluding hydrogens is 394 g/mol. The van der Waals surface area contributed by atoms with Gasteiger partial charge in [-0.15, -0.1) is 0 Å². The van der Waals surface area contributed by atoms with Crippen molar-refractivity contribution in [3.63, 3.8) is 0 Å². The van der Waals surface area contributed by atoms with E-state index in [1.807, 2.05) is 0 Å². The fourth-order valence-corrected chi connectivity index (χ4v) is 2.93. The Hall–Kier alpha value is -3.77. The Morgan fingerprint density at radius 1 is 0.759 bits per heavy atom. The minimum atomic E-state index is -0.998. The summed E-state index contributed by atoms with van der Waals surface area (Å²) in [4.78, 5) is 28.0. The molecule has 6 nitrogen and oxygen atoms in total. The summed E-state index contributed by atoms with van der Waals surface area (Å²) in [6, 6.07) is 21.9. The number of fused-ring (bicyclic) bond motifs is 1. The van der Waals surface area contributed by atoms with Gasteiger partial charge in [-0.05, 0) is 42.5 Å². The number of para-hydroxylation sites is 2. The summed E-state index contributed by atoms with van der Waals surface area (Å²) in [5.74, 6) is -0.131. The number of rotatable bonds is 4. The Kier molecular flexibility index (Phi) is 5.18. The molecule has 0 fully saturated rings. The number of H-pyrrole nitrogens is 1. The lowest BCUT2D eigenvalue weighted by Gasteiger charge is -2.07. The lowest BCUT2D eigenvalue weighted by Crippen LogP contribution is -2.17. The van der Waals surface area contributed by atoms with E-state index in [-0.39, 0.29) is 11.4 Å². The van der Waals surface area contributed by atoms with Crippen molar-refractivity contribution in [2.75, 3.05) is 0 Å². The van der Waals surface area contributed by atoms with Crippen LogP contribution < -0.4 is 14.2 Å². The minimum absolute atomic E-state index is 0.0383. The Bertz CT molecular complexity index is 1170. The van der Waals surface area contributed by atoms with Crippen LogP contribution in [0.5, 0.6) is 17.4 Å². The molecule has 1 aromatic heterocycles. The first-order valence-electron chi connectivity index (χ1n) is 8.63. The number of ether oxygens (including phenoxy) is 3. The number of esters is 1. The lowest BCUT2D eigenvalue weighted by atomic mass is 10.1. The predicted molar refractivity (Wildman–Crippen MR) is 108 cm³/mol. The van der Waals surface area contributed by atoms with Crippen molar-refractivity contribution in [1.29, 1.82) is 0 Å². The number of aromatic amines is 1. The second-order valence-electron chi connectivity index (χ2n) is 5.99. The van der Waals surface area contributed by atoms with Gasteiger partial charge in [0.1, 0.15) is 17.1 Å². The first-order valence-corrected chi connectivity index (χ1v) is 9.01. The third kappa shape index (κ3) is 4.23. The molecule has 0 atom stereocenters. The molecular formula is C22H14ClNO5. The molecule has 4 rings (SSSR count). The normalized spacial score (nSPS) is 10.5. The monoisotopic (exact) mass is 407 g/mol. The third-order valence-electron chi connectivity index (χ3n) is 4.01. The number of benzene rings is 3. The highest BCUT2D eigenvalue weighted by molar-refractivity contribution is 6.31. The topological polar surface area (TPSA) is 77.6 Å². The van der Waals surface area contributed by atoms with E-state index < -0.39 is 12.1 Å². The van der Waals surface area contributed by atoms with E-state index in [1.165, 1.54) is 0 Å². The van der Waals surface area contributed by atoms with Gasteiger partial charge in [0, 0.05) is 15.9 Å². The molecule has 0 aliphatic rings. The van der Waals surface area contributed by atoms with Gasteiger partial charge in [-0.3, -0.25) is 0 Å². The van der Waals surface area contributed by atoms with Crippen molar-refractivity contribution in [1.82, 2.24) is 4.98 Å². The summed E-state index contributed by atoms with van der Waals surface area (Å²) in [5.41, 5.74) is 0.591. The van der Waals surface area contributed by atoms with Gasteiger partial charge >= 0.3 is 12.1 Å². The van der Waals surface area contributed by atoms with Crippen LogP contribution in [0.25, 0.3) is 10.9 Å². The van der Waals surface area contributed by atoms with Crippen molar-refractivity contribution >= 4 is 34.6 Å². The summed E-state index contributed by atoms with van der Waals surface area (Å²) in [7, 11) is 0. The maximum absolute atomic E-state index is 12.8. The molecule has 144 valence electrons. The molecule has 0 saturated heterocycles. The van der Waals surface area contributed by atoms with Crippen LogP contribution in [0.2, 0.25) is 5.02 Å². The van der Waals surface area contributed by atoms with Crippen LogP contribution in [0.1, 0.15) is 10.4 Å². The molecule has 29 heavy (non-hydrogen) atoms. The second kappa shape index (κ2) is 8.08. The molecule has 7 heteroatoms. The lowest BCUT2D eigenvalue weighted by molar-refractivity contribution is 0.0733. The van der Waals surface area contributed by atoms with Gasteiger partial charge in [-0.1, -0.05) is 48.0 Å². The van der Waals surface area contributed by atoms with E-state index in [0.29, 0.717) is 27.4 Å². The van der Waals surface area contributed by atoms with Gasteiger partial charge in [0.05, 0.1) is 0 Å². The van der Waals surface area contributed by atoms with Crippen LogP contribution in [-0.2, 0) is 0 Å². The molecule has 0 unspecified atom stereocenters. The molecule has 1 N–H and O–H groups in total. The summed E-state index contributed by atoms with van der Waals surface area (Å²) in [5, 5.41) is 0.879. The molecule has 3 aromatic carbocycles. The molecule has 0 amide bonds. The van der Waals surface area contributed by atoms with Crippen molar-refractivity contribution in [3.8, 4) is 17.4 Å². The molecule has 4 aromatic rings. The second-order valence-corrected chi connectivity index (χ2v) is 6.43. The first-order chi connectivity index (χ1) is 14.1. The predicted octanol–water partition coefficient (Wildman–Crippen LogP) is 5.62. The minimum Gasteiger partial charge on any atom is -0.423 e. The SMILES string of the molecule is O=C(Oc1ccccc1)Oc1[nH]c2ccc(Cl)cc2c1C(=O)Oc1ccccc1. The standard InChI is InChI=1S/C22H14ClNO5/c23-14-11-12-18-17(13-14)19(21(25)27-15-7-3-1-4-8-15)20(24-18)29-22(26)28-16-9-5-2-6-10-16/h1-13,24H. The largest absolute Gasteiger partial charge is 0.520 e. The number of carbonyl (C=O) groups excluding carboxylic acids is 2. The highest BCUT2D eigenvalue weighted by Gasteiger charge is 2.25. The zero-order valence-electron chi connectivity index (χ0n) is 14.9. The highest BCUT2D eigenvalue weighted by Crippen LogP contribution is 2.31. The molecule has 0 aliphatic carbocycles. The Morgan fingerprint density at radius 2 is 1.38 bits per heavy atom. The average molecular weight is 408 g/mol. The van der Waals surface area contributed by atoms with E-state index in [1.54, 1.807) is 78.9 Å². The summed E-state index contributed by atoms with van der Waals surface area (Å²) < 4.78 is 15.8. The van der Waals surface area contributed by atoms with Crippen molar-refractivity contribution in [3.05, 3.63) is 89.4 Å². The van der Waals surface area contributed by atoms with Crippen LogP contribution in [0.3, 0.4) is 0 Å². The van der Waals surface area contributed by atoms with E-state index in [9.17, 15) is 9.59 Å². The average Bonchev–Trinajstić information content (AvgIpc) is 3.06. The highest BCUT2D eigenvalue weighted by atomic mass is 35.5. The number of nitrogens with one attached hydrogen (secondary N) is 1.